The molecule has 4 aromatic carbocycles. The Kier molecular flexibility index (Phi) is 5.10. The molecule has 0 aliphatic carbocycles. The third kappa shape index (κ3) is 3.62. The molecule has 3 nitrogen and oxygen atoms in total. The van der Waals surface area contributed by atoms with E-state index in [0.717, 1.165) is 34.2 Å². The van der Waals surface area contributed by atoms with Gasteiger partial charge in [0.2, 0.25) is 5.91 Å². The minimum atomic E-state index is -1.51. The average Bonchev–Trinajstić information content (AvgIpc) is 3.11. The second-order valence-electron chi connectivity index (χ2n) is 7.76. The van der Waals surface area contributed by atoms with E-state index in [-0.39, 0.29) is 12.1 Å². The molecule has 2 N–H and O–H groups in total. The van der Waals surface area contributed by atoms with Crippen LogP contribution in [0.4, 0.5) is 13.2 Å². The van der Waals surface area contributed by atoms with Crippen LogP contribution in [0, 0.1) is 17.5 Å². The summed E-state index contributed by atoms with van der Waals surface area (Å²) in [5.74, 6) is -4.61. The van der Waals surface area contributed by atoms with Crippen LogP contribution in [-0.2, 0) is 6.54 Å². The molecule has 5 rings (SSSR count). The van der Waals surface area contributed by atoms with Crippen molar-refractivity contribution >= 4 is 39.3 Å². The lowest BCUT2D eigenvalue weighted by atomic mass is 10.0. The number of primary amides is 1. The highest BCUT2D eigenvalue weighted by molar-refractivity contribution is 6.30. The number of amides is 1. The van der Waals surface area contributed by atoms with E-state index >= 15 is 0 Å². The molecular weight excluding hydrogens is 449 g/mol. The number of nitrogens with zero attached hydrogens (tertiary/aromatic N) is 1. The van der Waals surface area contributed by atoms with Gasteiger partial charge < -0.3 is 10.3 Å². The number of rotatable bonds is 4. The zero-order chi connectivity index (χ0) is 23.3. The Morgan fingerprint density at radius 1 is 0.848 bits per heavy atom. The first-order valence-electron chi connectivity index (χ1n) is 10.1. The van der Waals surface area contributed by atoms with Gasteiger partial charge in [0.05, 0.1) is 11.0 Å². The zero-order valence-electron chi connectivity index (χ0n) is 17.1. The van der Waals surface area contributed by atoms with Crippen LogP contribution in [0.15, 0.2) is 72.8 Å². The first-order chi connectivity index (χ1) is 15.8. The lowest BCUT2D eigenvalue weighted by Gasteiger charge is -2.10. The summed E-state index contributed by atoms with van der Waals surface area (Å²) in [4.78, 5) is 12.1. The van der Waals surface area contributed by atoms with Gasteiger partial charge in [0.1, 0.15) is 0 Å². The summed E-state index contributed by atoms with van der Waals surface area (Å²) < 4.78 is 43.1. The van der Waals surface area contributed by atoms with E-state index in [2.05, 4.69) is 0 Å². The predicted molar refractivity (Wildman–Crippen MR) is 124 cm³/mol. The monoisotopic (exact) mass is 464 g/mol. The summed E-state index contributed by atoms with van der Waals surface area (Å²) in [5, 5.41) is 2.02. The molecule has 1 aromatic heterocycles. The van der Waals surface area contributed by atoms with Crippen molar-refractivity contribution in [1.29, 1.82) is 0 Å². The van der Waals surface area contributed by atoms with Crippen LogP contribution >= 0.6 is 11.6 Å². The molecule has 164 valence electrons. The van der Waals surface area contributed by atoms with E-state index in [4.69, 9.17) is 17.3 Å². The Bertz CT molecular complexity index is 1540. The number of hydrogen-bond donors (Lipinski definition) is 1. The molecular formula is C26H16ClF3N2O. The molecule has 5 aromatic rings. The largest absolute Gasteiger partial charge is 0.366 e. The van der Waals surface area contributed by atoms with Crippen molar-refractivity contribution in [2.45, 2.75) is 6.54 Å². The number of carbonyl (C=O) groups excluding carboxylic acids is 1. The molecule has 0 saturated carbocycles. The van der Waals surface area contributed by atoms with Gasteiger partial charge in [-0.2, -0.15) is 0 Å². The first-order valence-corrected chi connectivity index (χ1v) is 10.5. The van der Waals surface area contributed by atoms with Crippen molar-refractivity contribution in [2.75, 3.05) is 0 Å². The highest BCUT2D eigenvalue weighted by Gasteiger charge is 2.18. The van der Waals surface area contributed by atoms with Gasteiger partial charge in [0.25, 0.3) is 0 Å². The number of nitrogens with two attached hydrogens (primary N) is 1. The van der Waals surface area contributed by atoms with Crippen LogP contribution < -0.4 is 5.73 Å². The van der Waals surface area contributed by atoms with Crippen LogP contribution in [0.1, 0.15) is 15.9 Å². The van der Waals surface area contributed by atoms with E-state index in [1.54, 1.807) is 30.3 Å². The summed E-state index contributed by atoms with van der Waals surface area (Å²) in [6.07, 6.45) is 0. The van der Waals surface area contributed by atoms with Crippen molar-refractivity contribution in [1.82, 2.24) is 4.57 Å². The second kappa shape index (κ2) is 7.98. The number of aromatic nitrogens is 1. The molecule has 1 heterocycles. The van der Waals surface area contributed by atoms with Gasteiger partial charge in [0, 0.05) is 27.9 Å². The molecule has 33 heavy (non-hydrogen) atoms. The van der Waals surface area contributed by atoms with Gasteiger partial charge in [-0.3, -0.25) is 4.79 Å². The van der Waals surface area contributed by atoms with Gasteiger partial charge in [-0.05, 0) is 59.2 Å². The average molecular weight is 465 g/mol. The van der Waals surface area contributed by atoms with E-state index in [1.165, 1.54) is 0 Å². The maximum Gasteiger partial charge on any atom is 0.249 e. The summed E-state index contributed by atoms with van der Waals surface area (Å²) >= 11 is 6.01. The molecule has 0 spiro atoms. The Balaban J connectivity index is 1.79. The number of halogens is 4. The minimum absolute atomic E-state index is 0.0560. The number of fused-ring (bicyclic) bond motifs is 3. The fraction of sp³-hybridized carbons (Fsp3) is 0.0385. The SMILES string of the molecule is NC(=O)c1cccc2c1c1ccc(-c3ccc(Cl)cc3)cc1n2Cc1cc(F)c(F)c(F)c1. The van der Waals surface area contributed by atoms with Crippen molar-refractivity contribution in [2.24, 2.45) is 5.73 Å². The topological polar surface area (TPSA) is 48.0 Å². The Labute approximate surface area is 191 Å². The summed E-state index contributed by atoms with van der Waals surface area (Å²) in [6, 6.07) is 20.2. The lowest BCUT2D eigenvalue weighted by molar-refractivity contribution is 0.100. The first kappa shape index (κ1) is 21.1. The molecule has 0 radical (unpaired) electrons. The quantitative estimate of drug-likeness (QED) is 0.296. The smallest absolute Gasteiger partial charge is 0.249 e. The normalized spacial score (nSPS) is 11.4. The van der Waals surface area contributed by atoms with E-state index in [1.807, 2.05) is 34.9 Å². The van der Waals surface area contributed by atoms with Gasteiger partial charge in [0.15, 0.2) is 17.5 Å². The molecule has 0 aliphatic heterocycles. The van der Waals surface area contributed by atoms with Crippen molar-refractivity contribution < 1.29 is 18.0 Å². The van der Waals surface area contributed by atoms with Gasteiger partial charge in [-0.15, -0.1) is 0 Å². The van der Waals surface area contributed by atoms with Crippen LogP contribution in [0.5, 0.6) is 0 Å². The van der Waals surface area contributed by atoms with Gasteiger partial charge in [-0.1, -0.05) is 41.9 Å². The Hall–Kier alpha value is -3.77. The molecule has 0 unspecified atom stereocenters. The van der Waals surface area contributed by atoms with Crippen LogP contribution in [-0.4, -0.2) is 10.5 Å². The van der Waals surface area contributed by atoms with Crippen LogP contribution in [0.25, 0.3) is 32.9 Å². The molecule has 7 heteroatoms. The third-order valence-electron chi connectivity index (χ3n) is 5.72. The summed E-state index contributed by atoms with van der Waals surface area (Å²) in [6.45, 7) is 0.0560. The van der Waals surface area contributed by atoms with Crippen molar-refractivity contribution in [3.63, 3.8) is 0 Å². The van der Waals surface area contributed by atoms with Crippen molar-refractivity contribution in [3.05, 3.63) is 106 Å². The lowest BCUT2D eigenvalue weighted by Crippen LogP contribution is -2.11. The van der Waals surface area contributed by atoms with Crippen LogP contribution in [0.2, 0.25) is 5.02 Å². The Morgan fingerprint density at radius 3 is 2.18 bits per heavy atom. The van der Waals surface area contributed by atoms with E-state index in [9.17, 15) is 18.0 Å². The second-order valence-corrected chi connectivity index (χ2v) is 8.20. The number of benzene rings is 4. The number of carbonyl (C=O) groups is 1. The van der Waals surface area contributed by atoms with E-state index in [0.29, 0.717) is 21.5 Å². The van der Waals surface area contributed by atoms with E-state index < -0.39 is 23.4 Å². The molecule has 0 bridgehead atoms. The highest BCUT2D eigenvalue weighted by Crippen LogP contribution is 2.35. The molecule has 0 fully saturated rings. The maximum absolute atomic E-state index is 13.9. The maximum atomic E-state index is 13.9. The summed E-state index contributed by atoms with van der Waals surface area (Å²) in [5.41, 5.74) is 9.42. The minimum Gasteiger partial charge on any atom is -0.366 e. The molecule has 0 saturated heterocycles. The standard InChI is InChI=1S/C26H16ClF3N2O/c27-17-7-4-15(5-8-17)16-6-9-18-23(12-16)32(13-14-10-20(28)25(30)21(29)11-14)22-3-1-2-19(24(18)22)26(31)33/h1-12H,13H2,(H2,31,33). The van der Waals surface area contributed by atoms with Crippen LogP contribution in [0.3, 0.4) is 0 Å². The zero-order valence-corrected chi connectivity index (χ0v) is 17.8. The fourth-order valence-electron chi connectivity index (χ4n) is 4.22. The number of hydrogen-bond acceptors (Lipinski definition) is 1. The van der Waals surface area contributed by atoms with Crippen molar-refractivity contribution in [3.8, 4) is 11.1 Å². The highest BCUT2D eigenvalue weighted by atomic mass is 35.5. The fourth-order valence-corrected chi connectivity index (χ4v) is 4.35. The Morgan fingerprint density at radius 2 is 1.52 bits per heavy atom. The summed E-state index contributed by atoms with van der Waals surface area (Å²) in [7, 11) is 0. The molecule has 0 atom stereocenters. The van der Waals surface area contributed by atoms with Gasteiger partial charge in [-0.25, -0.2) is 13.2 Å². The van der Waals surface area contributed by atoms with Gasteiger partial charge >= 0.3 is 0 Å². The third-order valence-corrected chi connectivity index (χ3v) is 5.97. The predicted octanol–water partition coefficient (Wildman–Crippen LogP) is 6.68. The molecule has 1 amide bonds. The molecule has 0 aliphatic rings.